The molecule has 3 N–H and O–H groups in total. The Hall–Kier alpha value is -2.61. The molecular weight excluding hydrogens is 504 g/mol. The molecule has 208 valence electrons. The van der Waals surface area contributed by atoms with E-state index >= 15 is 0 Å². The number of rotatable bonds is 9. The van der Waals surface area contributed by atoms with Crippen molar-refractivity contribution in [2.45, 2.75) is 71.0 Å². The lowest BCUT2D eigenvalue weighted by molar-refractivity contribution is -0.124. The van der Waals surface area contributed by atoms with Gasteiger partial charge in [0.15, 0.2) is 0 Å². The van der Waals surface area contributed by atoms with Crippen molar-refractivity contribution in [2.75, 3.05) is 26.2 Å². The van der Waals surface area contributed by atoms with Gasteiger partial charge in [-0.25, -0.2) is 4.79 Å². The molecule has 7 nitrogen and oxygen atoms in total. The molecule has 1 aliphatic heterocycles. The molecule has 2 aromatic carbocycles. The fraction of sp³-hybridized carbons (Fsp3) is 0.533. The van der Waals surface area contributed by atoms with E-state index in [-0.39, 0.29) is 12.0 Å². The van der Waals surface area contributed by atoms with Crippen LogP contribution in [0.1, 0.15) is 64.5 Å². The van der Waals surface area contributed by atoms with Crippen LogP contribution in [0.15, 0.2) is 42.5 Å². The average Bonchev–Trinajstić information content (AvgIpc) is 2.89. The van der Waals surface area contributed by atoms with E-state index < -0.39 is 23.7 Å². The van der Waals surface area contributed by atoms with Crippen LogP contribution in [0.2, 0.25) is 5.02 Å². The lowest BCUT2D eigenvalue weighted by Gasteiger charge is -2.44. The zero-order valence-corrected chi connectivity index (χ0v) is 23.7. The highest BCUT2D eigenvalue weighted by atomic mass is 35.5. The van der Waals surface area contributed by atoms with Gasteiger partial charge in [0.2, 0.25) is 5.91 Å². The Balaban J connectivity index is 2.02. The minimum absolute atomic E-state index is 0.274. The molecule has 38 heavy (non-hydrogen) atoms. The zero-order valence-electron chi connectivity index (χ0n) is 22.9. The monoisotopic (exact) mass is 544 g/mol. The number of aliphatic hydroxyl groups excluding tert-OH is 1. The van der Waals surface area contributed by atoms with Crippen LogP contribution in [-0.2, 0) is 21.6 Å². The number of piperidine rings is 1. The first-order chi connectivity index (χ1) is 18.0. The first-order valence-corrected chi connectivity index (χ1v) is 13.8. The largest absolute Gasteiger partial charge is 0.444 e. The summed E-state index contributed by atoms with van der Waals surface area (Å²) in [5.74, 6) is -0.731. The molecule has 0 bridgehead atoms. The predicted molar refractivity (Wildman–Crippen MR) is 150 cm³/mol. The molecule has 0 saturated carbocycles. The van der Waals surface area contributed by atoms with Crippen molar-refractivity contribution in [3.8, 4) is 11.1 Å². The van der Waals surface area contributed by atoms with Crippen molar-refractivity contribution in [2.24, 2.45) is 5.92 Å². The second-order valence-electron chi connectivity index (χ2n) is 11.0. The van der Waals surface area contributed by atoms with Gasteiger partial charge in [0, 0.05) is 36.1 Å². The van der Waals surface area contributed by atoms with Gasteiger partial charge in [0.25, 0.3) is 0 Å². The third-order valence-corrected chi connectivity index (χ3v) is 7.37. The van der Waals surface area contributed by atoms with Gasteiger partial charge in [0.05, 0.1) is 5.60 Å². The summed E-state index contributed by atoms with van der Waals surface area (Å²) in [7, 11) is 0. The molecule has 0 spiro atoms. The lowest BCUT2D eigenvalue weighted by atomic mass is 9.72. The minimum atomic E-state index is -1.33. The number of nitrogens with one attached hydrogen (secondary N) is 1. The fourth-order valence-corrected chi connectivity index (χ4v) is 5.47. The number of aryl methyl sites for hydroxylation is 1. The summed E-state index contributed by atoms with van der Waals surface area (Å²) in [5.41, 5.74) is 1.64. The van der Waals surface area contributed by atoms with Gasteiger partial charge in [-0.3, -0.25) is 4.79 Å². The Bertz CT molecular complexity index is 1120. The topological polar surface area (TPSA) is 99.1 Å². The number of hydrogen-bond donors (Lipinski definition) is 3. The van der Waals surface area contributed by atoms with Crippen molar-refractivity contribution in [3.05, 3.63) is 58.6 Å². The SMILES string of the molecule is CCc1cccc(-c2c(Cl)cccc2C(O)(CCCNC(=O)CO)C2CCCN(C(=O)OC(C)(C)C)C2)c1. The molecule has 0 radical (unpaired) electrons. The average molecular weight is 545 g/mol. The first-order valence-electron chi connectivity index (χ1n) is 13.4. The summed E-state index contributed by atoms with van der Waals surface area (Å²) in [6.07, 6.45) is 2.75. The maximum Gasteiger partial charge on any atom is 0.410 e. The van der Waals surface area contributed by atoms with Gasteiger partial charge in [-0.2, -0.15) is 0 Å². The van der Waals surface area contributed by atoms with Gasteiger partial charge in [-0.15, -0.1) is 0 Å². The van der Waals surface area contributed by atoms with E-state index in [0.717, 1.165) is 36.0 Å². The van der Waals surface area contributed by atoms with Crippen LogP contribution in [0.4, 0.5) is 4.79 Å². The van der Waals surface area contributed by atoms with Crippen molar-refractivity contribution in [3.63, 3.8) is 0 Å². The second kappa shape index (κ2) is 13.0. The van der Waals surface area contributed by atoms with E-state index in [0.29, 0.717) is 43.1 Å². The van der Waals surface area contributed by atoms with Gasteiger partial charge in [-0.05, 0) is 75.6 Å². The summed E-state index contributed by atoms with van der Waals surface area (Å²) in [6, 6.07) is 13.7. The molecule has 2 aromatic rings. The van der Waals surface area contributed by atoms with E-state index in [1.54, 1.807) is 4.90 Å². The highest BCUT2D eigenvalue weighted by Gasteiger charge is 2.43. The zero-order chi connectivity index (χ0) is 27.9. The Labute approximate surface area is 231 Å². The smallest absolute Gasteiger partial charge is 0.410 e. The van der Waals surface area contributed by atoms with Crippen LogP contribution in [0.5, 0.6) is 0 Å². The lowest BCUT2D eigenvalue weighted by Crippen LogP contribution is -2.49. The van der Waals surface area contributed by atoms with Crippen molar-refractivity contribution in [1.82, 2.24) is 10.2 Å². The molecule has 2 amide bonds. The maximum atomic E-state index is 12.9. The molecule has 0 aromatic heterocycles. The van der Waals surface area contributed by atoms with Gasteiger partial charge >= 0.3 is 6.09 Å². The van der Waals surface area contributed by atoms with Crippen LogP contribution in [0.25, 0.3) is 11.1 Å². The molecule has 2 unspecified atom stereocenters. The number of aliphatic hydroxyl groups is 2. The molecule has 1 saturated heterocycles. The summed E-state index contributed by atoms with van der Waals surface area (Å²) in [4.78, 5) is 26.2. The summed E-state index contributed by atoms with van der Waals surface area (Å²) in [5, 5.41) is 24.8. The number of carbonyl (C=O) groups is 2. The van der Waals surface area contributed by atoms with Crippen molar-refractivity contribution in [1.29, 1.82) is 0 Å². The van der Waals surface area contributed by atoms with Gasteiger partial charge < -0.3 is 25.2 Å². The highest BCUT2D eigenvalue weighted by Crippen LogP contribution is 2.45. The Morgan fingerprint density at radius 2 is 1.92 bits per heavy atom. The number of carbonyl (C=O) groups excluding carboxylic acids is 2. The van der Waals surface area contributed by atoms with Crippen LogP contribution in [-0.4, -0.2) is 59.0 Å². The van der Waals surface area contributed by atoms with Gasteiger partial charge in [0.1, 0.15) is 12.2 Å². The molecule has 0 aliphatic carbocycles. The number of benzene rings is 2. The molecular formula is C30H41ClN2O5. The summed E-state index contributed by atoms with van der Waals surface area (Å²) in [6.45, 7) is 8.25. The minimum Gasteiger partial charge on any atom is -0.444 e. The number of halogens is 1. The van der Waals surface area contributed by atoms with Crippen LogP contribution < -0.4 is 5.32 Å². The third kappa shape index (κ3) is 7.49. The number of nitrogens with zero attached hydrogens (tertiary/aromatic N) is 1. The molecule has 1 fully saturated rings. The Morgan fingerprint density at radius 1 is 1.18 bits per heavy atom. The molecule has 2 atom stereocenters. The van der Waals surface area contributed by atoms with E-state index in [1.807, 2.05) is 51.1 Å². The Kier molecular flexibility index (Phi) is 10.2. The van der Waals surface area contributed by atoms with Gasteiger partial charge in [-0.1, -0.05) is 54.9 Å². The van der Waals surface area contributed by atoms with E-state index in [9.17, 15) is 14.7 Å². The standard InChI is InChI=1S/C30H41ClN2O5/c1-5-21-10-6-11-22(18-21)27-24(13-7-14-25(27)31)30(37,15-9-16-32-26(35)20-34)23-12-8-17-33(19-23)28(36)38-29(2,3)4/h6-7,10-11,13-14,18,23,34,37H,5,8-9,12,15-17,19-20H2,1-4H3,(H,32,35). The third-order valence-electron chi connectivity index (χ3n) is 7.05. The normalized spacial score (nSPS) is 17.6. The van der Waals surface area contributed by atoms with Crippen molar-refractivity contribution < 1.29 is 24.5 Å². The predicted octanol–water partition coefficient (Wildman–Crippen LogP) is 5.29. The number of likely N-dealkylation sites (tertiary alicyclic amines) is 1. The van der Waals surface area contributed by atoms with Crippen LogP contribution >= 0.6 is 11.6 Å². The fourth-order valence-electron chi connectivity index (χ4n) is 5.18. The molecule has 1 aliphatic rings. The van der Waals surface area contributed by atoms with Crippen LogP contribution in [0.3, 0.4) is 0 Å². The number of ether oxygens (including phenoxy) is 1. The van der Waals surface area contributed by atoms with E-state index in [4.69, 9.17) is 21.4 Å². The summed E-state index contributed by atoms with van der Waals surface area (Å²) >= 11 is 6.80. The highest BCUT2D eigenvalue weighted by molar-refractivity contribution is 6.33. The molecule has 3 rings (SSSR count). The quantitative estimate of drug-likeness (QED) is 0.372. The molecule has 8 heteroatoms. The first kappa shape index (κ1) is 29.9. The number of hydrogen-bond acceptors (Lipinski definition) is 5. The molecule has 1 heterocycles. The van der Waals surface area contributed by atoms with Crippen molar-refractivity contribution >= 4 is 23.6 Å². The number of amides is 2. The second-order valence-corrected chi connectivity index (χ2v) is 11.4. The van der Waals surface area contributed by atoms with Crippen LogP contribution in [0, 0.1) is 5.92 Å². The van der Waals surface area contributed by atoms with E-state index in [2.05, 4.69) is 24.4 Å². The Morgan fingerprint density at radius 3 is 2.61 bits per heavy atom. The summed E-state index contributed by atoms with van der Waals surface area (Å²) < 4.78 is 5.63. The maximum absolute atomic E-state index is 12.9. The van der Waals surface area contributed by atoms with E-state index in [1.165, 1.54) is 0 Å².